The van der Waals surface area contributed by atoms with Gasteiger partial charge in [0.2, 0.25) is 17.5 Å². The van der Waals surface area contributed by atoms with Gasteiger partial charge >= 0.3 is 35.0 Å². The van der Waals surface area contributed by atoms with Crippen LogP contribution in [0.25, 0.3) is 0 Å². The van der Waals surface area contributed by atoms with Crippen LogP contribution in [-0.4, -0.2) is 66.4 Å². The van der Waals surface area contributed by atoms with E-state index in [1.165, 1.54) is 6.92 Å². The van der Waals surface area contributed by atoms with E-state index in [1.54, 1.807) is 15.0 Å². The van der Waals surface area contributed by atoms with E-state index in [0.29, 0.717) is 32.3 Å². The zero-order valence-corrected chi connectivity index (χ0v) is 23.1. The third-order valence-corrected chi connectivity index (χ3v) is 6.17. The molecule has 0 radical (unpaired) electrons. The van der Waals surface area contributed by atoms with Gasteiger partial charge < -0.3 is 14.2 Å². The van der Waals surface area contributed by atoms with E-state index in [0.717, 1.165) is 0 Å². The highest BCUT2D eigenvalue weighted by atomic mass is 19.1. The lowest BCUT2D eigenvalue weighted by molar-refractivity contribution is -0.163. The van der Waals surface area contributed by atoms with Crippen molar-refractivity contribution in [1.29, 1.82) is 0 Å². The summed E-state index contributed by atoms with van der Waals surface area (Å²) in [7, 11) is 0. The number of hydrogen-bond acceptors (Lipinski definition) is 12. The summed E-state index contributed by atoms with van der Waals surface area (Å²) < 4.78 is 57.6. The van der Waals surface area contributed by atoms with Gasteiger partial charge in [0.15, 0.2) is 0 Å². The molecule has 3 heterocycles. The predicted octanol–water partition coefficient (Wildman–Crippen LogP) is -2.92. The molecule has 0 saturated heterocycles. The number of carbonyl (C=O) groups is 3. The third-order valence-electron chi connectivity index (χ3n) is 6.17. The molecule has 0 atom stereocenters. The van der Waals surface area contributed by atoms with Gasteiger partial charge in [0.05, 0.1) is 24.0 Å². The zero-order valence-electron chi connectivity index (χ0n) is 23.1. The fourth-order valence-electron chi connectivity index (χ4n) is 3.49. The minimum absolute atomic E-state index is 0.0610. The molecule has 0 aliphatic rings. The van der Waals surface area contributed by atoms with Gasteiger partial charge in [-0.1, -0.05) is 6.92 Å². The van der Waals surface area contributed by atoms with Gasteiger partial charge in [-0.05, 0) is 6.42 Å². The largest absolute Gasteiger partial charge is 0.463 e. The van der Waals surface area contributed by atoms with Crippen molar-refractivity contribution in [2.24, 2.45) is 5.41 Å². The number of H-pyrrole nitrogens is 3. The summed E-state index contributed by atoms with van der Waals surface area (Å²) in [4.78, 5) is 111. The van der Waals surface area contributed by atoms with E-state index in [4.69, 9.17) is 14.2 Å². The topological polar surface area (TPSA) is 243 Å². The summed E-state index contributed by atoms with van der Waals surface area (Å²) in [6, 6.07) is 0. The smallest absolute Gasteiger partial charge is 0.329 e. The van der Waals surface area contributed by atoms with Gasteiger partial charge in [0, 0.05) is 0 Å². The molecule has 21 heteroatoms. The number of hydrogen-bond donors (Lipinski definition) is 3. The first kappa shape index (κ1) is 33.7. The van der Waals surface area contributed by atoms with Crippen molar-refractivity contribution in [3.63, 3.8) is 0 Å². The van der Waals surface area contributed by atoms with Gasteiger partial charge in [0.25, 0.3) is 16.7 Å². The molecule has 0 bridgehead atoms. The average molecular weight is 644 g/mol. The maximum Gasteiger partial charge on any atom is 0.329 e. The molecule has 3 rings (SSSR count). The second-order valence-corrected chi connectivity index (χ2v) is 9.43. The van der Waals surface area contributed by atoms with E-state index >= 15 is 0 Å². The lowest BCUT2D eigenvalue weighted by atomic mass is 9.88. The molecule has 0 aromatic carbocycles. The van der Waals surface area contributed by atoms with Crippen LogP contribution >= 0.6 is 0 Å². The normalized spacial score (nSPS) is 11.2. The summed E-state index contributed by atoms with van der Waals surface area (Å²) in [5.74, 6) is -7.55. The minimum atomic E-state index is -1.55. The predicted molar refractivity (Wildman–Crippen MR) is 139 cm³/mol. The second kappa shape index (κ2) is 14.1. The number of nitrogens with one attached hydrogen (secondary N) is 3. The Kier molecular flexibility index (Phi) is 10.6. The van der Waals surface area contributed by atoms with E-state index in [9.17, 15) is 56.3 Å². The number of ether oxygens (including phenoxy) is 3. The molecule has 18 nitrogen and oxygen atoms in total. The standard InChI is InChI=1S/C24H23F3N6O12/c1-2-24(9-43-15(34)6-31-3-12(25)18(37)28-21(31)40,10-44-16(35)7-32-4-13(26)19(38)29-22(32)41)11-45-17(36)8-33-5-14(27)20(39)30-23(33)42/h3-5H,2,6-11H2,1H3,(H,28,37,40)(H,29,38,41)(H,30,39,42). The molecule has 0 aliphatic heterocycles. The Morgan fingerprint density at radius 1 is 0.600 bits per heavy atom. The Balaban J connectivity index is 1.76. The van der Waals surface area contributed by atoms with Crippen molar-refractivity contribution in [2.75, 3.05) is 19.8 Å². The number of halogens is 3. The van der Waals surface area contributed by atoms with Gasteiger partial charge in [0.1, 0.15) is 39.5 Å². The number of esters is 3. The highest BCUT2D eigenvalue weighted by molar-refractivity contribution is 5.70. The Morgan fingerprint density at radius 2 is 0.867 bits per heavy atom. The van der Waals surface area contributed by atoms with Gasteiger partial charge in [-0.15, -0.1) is 0 Å². The average Bonchev–Trinajstić information content (AvgIpc) is 2.97. The van der Waals surface area contributed by atoms with Crippen LogP contribution in [0.3, 0.4) is 0 Å². The molecule has 45 heavy (non-hydrogen) atoms. The Morgan fingerprint density at radius 3 is 1.11 bits per heavy atom. The van der Waals surface area contributed by atoms with Crippen LogP contribution in [0.15, 0.2) is 47.4 Å². The van der Waals surface area contributed by atoms with E-state index in [1.807, 2.05) is 0 Å². The number of aromatic amines is 3. The van der Waals surface area contributed by atoms with Crippen LogP contribution in [0.1, 0.15) is 13.3 Å². The van der Waals surface area contributed by atoms with Crippen molar-refractivity contribution in [3.8, 4) is 0 Å². The number of rotatable bonds is 13. The number of carbonyl (C=O) groups excluding carboxylic acids is 3. The summed E-state index contributed by atoms with van der Waals surface area (Å²) in [6.07, 6.45) is 1.32. The van der Waals surface area contributed by atoms with Crippen molar-refractivity contribution in [2.45, 2.75) is 33.0 Å². The molecule has 242 valence electrons. The van der Waals surface area contributed by atoms with Crippen LogP contribution in [0.5, 0.6) is 0 Å². The summed E-state index contributed by atoms with van der Waals surface area (Å²) in [5.41, 5.74) is -8.92. The fraction of sp³-hybridized carbons (Fsp3) is 0.375. The monoisotopic (exact) mass is 644 g/mol. The van der Waals surface area contributed by atoms with Crippen LogP contribution in [0.4, 0.5) is 13.2 Å². The Hall–Kier alpha value is -5.76. The molecule has 0 spiro atoms. The third kappa shape index (κ3) is 8.87. The lowest BCUT2D eigenvalue weighted by Crippen LogP contribution is -2.41. The number of aromatic nitrogens is 6. The maximum absolute atomic E-state index is 13.6. The van der Waals surface area contributed by atoms with Gasteiger partial charge in [-0.2, -0.15) is 13.2 Å². The summed E-state index contributed by atoms with van der Waals surface area (Å²) >= 11 is 0. The van der Waals surface area contributed by atoms with Gasteiger partial charge in [-0.3, -0.25) is 57.4 Å². The van der Waals surface area contributed by atoms with Crippen LogP contribution in [0.2, 0.25) is 0 Å². The Bertz CT molecular complexity index is 1750. The Labute approximate surface area is 245 Å². The van der Waals surface area contributed by atoms with Crippen molar-refractivity contribution < 1.29 is 41.8 Å². The molecule has 0 aliphatic carbocycles. The first-order chi connectivity index (χ1) is 21.1. The van der Waals surface area contributed by atoms with E-state index in [-0.39, 0.29) is 6.42 Å². The molecule has 3 aromatic heterocycles. The SMILES string of the molecule is CCC(COC(=O)Cn1cc(F)c(=O)[nH]c1=O)(COC(=O)Cn1cc(F)c(=O)[nH]c1=O)COC(=O)Cn1cc(F)c(=O)[nH]c1=O. The molecule has 0 fully saturated rings. The molecular weight excluding hydrogens is 621 g/mol. The molecule has 3 N–H and O–H groups in total. The molecule has 3 aromatic rings. The van der Waals surface area contributed by atoms with Crippen LogP contribution in [-0.2, 0) is 48.2 Å². The van der Waals surface area contributed by atoms with E-state index in [2.05, 4.69) is 0 Å². The molecule has 0 unspecified atom stereocenters. The second-order valence-electron chi connectivity index (χ2n) is 9.43. The van der Waals surface area contributed by atoms with E-state index < -0.39 is 114 Å². The van der Waals surface area contributed by atoms with Crippen molar-refractivity contribution in [1.82, 2.24) is 28.7 Å². The minimum Gasteiger partial charge on any atom is -0.463 e. The number of nitrogens with zero attached hydrogens (tertiary/aromatic N) is 3. The van der Waals surface area contributed by atoms with Crippen LogP contribution < -0.4 is 33.7 Å². The quantitative estimate of drug-likeness (QED) is 0.125. The highest BCUT2D eigenvalue weighted by Gasteiger charge is 2.34. The fourth-order valence-corrected chi connectivity index (χ4v) is 3.49. The van der Waals surface area contributed by atoms with Crippen LogP contribution in [0, 0.1) is 22.9 Å². The van der Waals surface area contributed by atoms with Gasteiger partial charge in [-0.25, -0.2) is 14.4 Å². The summed E-state index contributed by atoms with van der Waals surface area (Å²) in [5, 5.41) is 0. The van der Waals surface area contributed by atoms with Crippen molar-refractivity contribution in [3.05, 3.63) is 98.6 Å². The summed E-state index contributed by atoms with van der Waals surface area (Å²) in [6.45, 7) is -3.19. The zero-order chi connectivity index (χ0) is 33.5. The first-order valence-electron chi connectivity index (χ1n) is 12.6. The maximum atomic E-state index is 13.6. The molecule has 0 amide bonds. The molecule has 0 saturated carbocycles. The lowest BCUT2D eigenvalue weighted by Gasteiger charge is -2.31. The molecular formula is C24H23F3N6O12. The first-order valence-corrected chi connectivity index (χ1v) is 12.6. The van der Waals surface area contributed by atoms with Crippen molar-refractivity contribution >= 4 is 17.9 Å². The highest BCUT2D eigenvalue weighted by Crippen LogP contribution is 2.24.